The number of halogens is 1. The number of likely N-dealkylation sites (tertiary alicyclic amines) is 1. The van der Waals surface area contributed by atoms with Crippen molar-refractivity contribution in [3.05, 3.63) is 67.1 Å². The number of aromatic amines is 1. The van der Waals surface area contributed by atoms with E-state index < -0.39 is 28.9 Å². The van der Waals surface area contributed by atoms with Gasteiger partial charge in [-0.05, 0) is 74.2 Å². The molecule has 0 unspecified atom stereocenters. The minimum absolute atomic E-state index is 0.0307. The van der Waals surface area contributed by atoms with Crippen LogP contribution in [0, 0.1) is 0 Å². The van der Waals surface area contributed by atoms with Crippen molar-refractivity contribution in [2.24, 2.45) is 0 Å². The van der Waals surface area contributed by atoms with Gasteiger partial charge < -0.3 is 14.6 Å². The maximum absolute atomic E-state index is 13.9. The van der Waals surface area contributed by atoms with Crippen molar-refractivity contribution in [1.82, 2.24) is 20.3 Å². The number of aromatic nitrogens is 1. The summed E-state index contributed by atoms with van der Waals surface area (Å²) >= 11 is 7.55. The third-order valence-corrected chi connectivity index (χ3v) is 6.54. The van der Waals surface area contributed by atoms with Gasteiger partial charge in [0.15, 0.2) is 0 Å². The molecule has 3 heterocycles. The molecule has 0 bridgehead atoms. The number of nitrogens with one attached hydrogen (secondary N) is 2. The second-order valence-electron chi connectivity index (χ2n) is 9.53. The topological polar surface area (TPSA) is 112 Å². The molecule has 0 radical (unpaired) electrons. The lowest BCUT2D eigenvalue weighted by atomic mass is 10.1. The molecule has 4 rings (SSSR count). The number of benzene rings is 1. The van der Waals surface area contributed by atoms with Gasteiger partial charge >= 0.3 is 6.09 Å². The maximum atomic E-state index is 13.9. The smallest absolute Gasteiger partial charge is 0.426 e. The molecule has 0 saturated carbocycles. The van der Waals surface area contributed by atoms with E-state index in [0.29, 0.717) is 23.6 Å². The highest BCUT2D eigenvalue weighted by molar-refractivity contribution is 7.07. The van der Waals surface area contributed by atoms with Gasteiger partial charge in [0.25, 0.3) is 11.8 Å². The summed E-state index contributed by atoms with van der Waals surface area (Å²) in [5.41, 5.74) is 1.61. The van der Waals surface area contributed by atoms with E-state index in [1.54, 1.807) is 31.7 Å². The number of amides is 3. The van der Waals surface area contributed by atoms with Gasteiger partial charge in [-0.1, -0.05) is 11.6 Å². The molecule has 1 aromatic carbocycles. The van der Waals surface area contributed by atoms with Crippen LogP contribution in [0.25, 0.3) is 10.9 Å². The number of nitrogens with zero attached hydrogens (tertiary/aromatic N) is 2. The zero-order valence-corrected chi connectivity index (χ0v) is 21.8. The molecule has 1 fully saturated rings. The largest absolute Gasteiger partial charge is 0.443 e. The highest BCUT2D eigenvalue weighted by atomic mass is 35.5. The Morgan fingerprint density at radius 3 is 2.56 bits per heavy atom. The summed E-state index contributed by atoms with van der Waals surface area (Å²) in [6.45, 7) is 6.11. The Kier molecular flexibility index (Phi) is 7.37. The van der Waals surface area contributed by atoms with Gasteiger partial charge in [0, 0.05) is 23.5 Å². The second kappa shape index (κ2) is 10.3. The fourth-order valence-electron chi connectivity index (χ4n) is 3.98. The molecule has 9 nitrogen and oxygen atoms in total. The second-order valence-corrected chi connectivity index (χ2v) is 10.7. The van der Waals surface area contributed by atoms with Gasteiger partial charge in [-0.25, -0.2) is 15.2 Å². The third kappa shape index (κ3) is 5.71. The van der Waals surface area contributed by atoms with E-state index in [1.807, 2.05) is 10.8 Å². The molecule has 1 aliphatic rings. The molecular weight excluding hydrogens is 504 g/mol. The fraction of sp³-hybridized carbons (Fsp3) is 0.360. The Bertz CT molecular complexity index is 1360. The van der Waals surface area contributed by atoms with Crippen molar-refractivity contribution in [2.75, 3.05) is 13.1 Å². The number of fused-ring (bicyclic) bond motifs is 1. The quantitative estimate of drug-likeness (QED) is 0.480. The van der Waals surface area contributed by atoms with Crippen molar-refractivity contribution in [3.63, 3.8) is 0 Å². The Labute approximate surface area is 217 Å². The average molecular weight is 531 g/mol. The summed E-state index contributed by atoms with van der Waals surface area (Å²) in [5, 5.41) is 5.24. The summed E-state index contributed by atoms with van der Waals surface area (Å²) in [6, 6.07) is 6.37. The van der Waals surface area contributed by atoms with Gasteiger partial charge in [-0.15, -0.1) is 0 Å². The van der Waals surface area contributed by atoms with E-state index in [9.17, 15) is 19.2 Å². The Morgan fingerprint density at radius 2 is 1.92 bits per heavy atom. The van der Waals surface area contributed by atoms with Crippen LogP contribution in [0.15, 0.2) is 39.8 Å². The average Bonchev–Trinajstić information content (AvgIpc) is 3.50. The number of hydrazine groups is 1. The number of rotatable bonds is 4. The van der Waals surface area contributed by atoms with Crippen molar-refractivity contribution < 1.29 is 19.1 Å². The van der Waals surface area contributed by atoms with Crippen molar-refractivity contribution in [2.45, 2.75) is 45.8 Å². The molecule has 0 spiro atoms. The number of carbonyl (C=O) groups excluding carboxylic acids is 3. The van der Waals surface area contributed by atoms with Crippen molar-refractivity contribution >= 4 is 51.7 Å². The molecule has 11 heteroatoms. The zero-order valence-electron chi connectivity index (χ0n) is 20.2. The molecule has 1 aliphatic heterocycles. The lowest BCUT2D eigenvalue weighted by Gasteiger charge is -2.27. The SMILES string of the molecule is CC(C)(C)OC(=O)NN(Cc1ccsc1)C(=O)c1c(C(=O)N2CCCC2)[nH]c2cc(Cl)ccc2c1=O. The van der Waals surface area contributed by atoms with Crippen LogP contribution < -0.4 is 10.9 Å². The van der Waals surface area contributed by atoms with Gasteiger partial charge in [-0.2, -0.15) is 11.3 Å². The van der Waals surface area contributed by atoms with Crippen LogP contribution in [0.2, 0.25) is 5.02 Å². The molecule has 190 valence electrons. The minimum Gasteiger partial charge on any atom is -0.443 e. The van der Waals surface area contributed by atoms with Crippen LogP contribution >= 0.6 is 22.9 Å². The molecule has 2 N–H and O–H groups in total. The lowest BCUT2D eigenvalue weighted by Crippen LogP contribution is -2.49. The van der Waals surface area contributed by atoms with E-state index >= 15 is 0 Å². The Balaban J connectivity index is 1.82. The molecule has 3 aromatic rings. The lowest BCUT2D eigenvalue weighted by molar-refractivity contribution is 0.0280. The van der Waals surface area contributed by atoms with Crippen molar-refractivity contribution in [3.8, 4) is 0 Å². The fourth-order valence-corrected chi connectivity index (χ4v) is 4.81. The maximum Gasteiger partial charge on any atom is 0.426 e. The van der Waals surface area contributed by atoms with Gasteiger partial charge in [0.1, 0.15) is 16.9 Å². The number of ether oxygens (including phenoxy) is 1. The molecule has 0 atom stereocenters. The predicted molar refractivity (Wildman–Crippen MR) is 138 cm³/mol. The van der Waals surface area contributed by atoms with Crippen molar-refractivity contribution in [1.29, 1.82) is 0 Å². The van der Waals surface area contributed by atoms with Crippen LogP contribution in [-0.4, -0.2) is 51.5 Å². The molecule has 36 heavy (non-hydrogen) atoms. The number of H-pyrrole nitrogens is 1. The number of thiophene rings is 1. The summed E-state index contributed by atoms with van der Waals surface area (Å²) in [6.07, 6.45) is 0.814. The molecule has 2 aromatic heterocycles. The van der Waals surface area contributed by atoms with E-state index in [1.165, 1.54) is 29.5 Å². The summed E-state index contributed by atoms with van der Waals surface area (Å²) < 4.78 is 5.33. The van der Waals surface area contributed by atoms with Crippen LogP contribution in [-0.2, 0) is 11.3 Å². The standard InChI is InChI=1S/C25H27ClN4O5S/c1-25(2,3)35-24(34)28-30(13-15-8-11-36-14-15)22(32)19-20(23(33)29-9-4-5-10-29)27-18-12-16(26)6-7-17(18)21(19)31/h6-8,11-12,14H,4-5,9-10,13H2,1-3H3,(H,27,31)(H,28,34). The van der Waals surface area contributed by atoms with E-state index in [2.05, 4.69) is 10.4 Å². The number of pyridine rings is 1. The van der Waals surface area contributed by atoms with Gasteiger partial charge in [0.05, 0.1) is 12.1 Å². The van der Waals surface area contributed by atoms with E-state index in [0.717, 1.165) is 23.4 Å². The third-order valence-electron chi connectivity index (χ3n) is 5.58. The summed E-state index contributed by atoms with van der Waals surface area (Å²) in [4.78, 5) is 58.1. The first-order chi connectivity index (χ1) is 17.0. The van der Waals surface area contributed by atoms with Crippen LogP contribution in [0.1, 0.15) is 60.0 Å². The highest BCUT2D eigenvalue weighted by Gasteiger charge is 2.32. The molecular formula is C25H27ClN4O5S. The normalized spacial score (nSPS) is 13.6. The molecule has 1 saturated heterocycles. The number of hydrogen-bond donors (Lipinski definition) is 2. The van der Waals surface area contributed by atoms with Crippen LogP contribution in [0.3, 0.4) is 0 Å². The summed E-state index contributed by atoms with van der Waals surface area (Å²) in [5.74, 6) is -1.28. The highest BCUT2D eigenvalue weighted by Crippen LogP contribution is 2.21. The number of hydrogen-bond acceptors (Lipinski definition) is 6. The molecule has 0 aliphatic carbocycles. The number of carbonyl (C=O) groups is 3. The zero-order chi connectivity index (χ0) is 26.0. The van der Waals surface area contributed by atoms with Gasteiger partial charge in [-0.3, -0.25) is 14.4 Å². The first-order valence-corrected chi connectivity index (χ1v) is 12.8. The molecule has 3 amide bonds. The van der Waals surface area contributed by atoms with Crippen LogP contribution in [0.4, 0.5) is 4.79 Å². The summed E-state index contributed by atoms with van der Waals surface area (Å²) in [7, 11) is 0. The monoisotopic (exact) mass is 530 g/mol. The Hall–Kier alpha value is -3.37. The first kappa shape index (κ1) is 25.7. The minimum atomic E-state index is -0.859. The predicted octanol–water partition coefficient (Wildman–Crippen LogP) is 4.56. The first-order valence-electron chi connectivity index (χ1n) is 11.5. The van der Waals surface area contributed by atoms with Crippen LogP contribution in [0.5, 0.6) is 0 Å². The van der Waals surface area contributed by atoms with E-state index in [-0.39, 0.29) is 23.2 Å². The van der Waals surface area contributed by atoms with E-state index in [4.69, 9.17) is 16.3 Å². The van der Waals surface area contributed by atoms with Gasteiger partial charge in [0.2, 0.25) is 5.43 Å². The Morgan fingerprint density at radius 1 is 1.19 bits per heavy atom.